The molecular formula is C24H49Cl3Si2Zr. The van der Waals surface area contributed by atoms with Crippen LogP contribution in [-0.2, 0) is 20.8 Å². The van der Waals surface area contributed by atoms with Crippen molar-refractivity contribution in [2.75, 3.05) is 0 Å². The standard InChI is InChI=1S/C22H43ClSi2.2CH3.2ClH.Zr/c1-6-7-9-17-12-13-18(16-17)24(2,3)25(4,5)22-15-14-19-20(22)10-8-11-21(19)23;;;;;/h17-22H,6-16H2,1-5H3;2*1H3;2*1H;/q;2*-1;;;+4/p-2. The van der Waals surface area contributed by atoms with Crippen molar-refractivity contribution >= 4 is 43.8 Å². The monoisotopic (exact) mass is 588 g/mol. The third-order valence-electron chi connectivity index (χ3n) is 9.48. The van der Waals surface area contributed by atoms with Gasteiger partial charge >= 0.3 is 37.9 Å². The Labute approximate surface area is 215 Å². The van der Waals surface area contributed by atoms with Crippen LogP contribution in [-0.4, -0.2) is 20.6 Å². The SMILES string of the molecule is CCCCC1CCC([Si](C)(C)[Si](C)(C)C2CCC3C(Cl)CCCC32)C1.[CH3-].[CH3-].[Cl][Zr+2][Cl]. The van der Waals surface area contributed by atoms with Crippen molar-refractivity contribution in [3.8, 4) is 0 Å². The molecule has 0 aliphatic heterocycles. The fourth-order valence-corrected chi connectivity index (χ4v) is 21.7. The molecule has 0 aromatic rings. The van der Waals surface area contributed by atoms with Crippen LogP contribution in [0.1, 0.15) is 77.6 Å². The maximum atomic E-state index is 6.77. The first-order chi connectivity index (χ1) is 13.2. The van der Waals surface area contributed by atoms with E-state index in [9.17, 15) is 0 Å². The molecular weight excluding hydrogens is 542 g/mol. The summed E-state index contributed by atoms with van der Waals surface area (Å²) >= 11 is 5.94. The van der Waals surface area contributed by atoms with Crippen LogP contribution in [0, 0.1) is 32.6 Å². The second-order valence-electron chi connectivity index (χ2n) is 11.0. The second-order valence-corrected chi connectivity index (χ2v) is 31.5. The van der Waals surface area contributed by atoms with Crippen molar-refractivity contribution in [3.63, 3.8) is 0 Å². The summed E-state index contributed by atoms with van der Waals surface area (Å²) in [6.45, 7) is 13.6. The molecule has 3 rings (SSSR count). The van der Waals surface area contributed by atoms with Gasteiger partial charge in [-0.2, -0.15) is 0 Å². The van der Waals surface area contributed by atoms with E-state index in [-0.39, 0.29) is 14.9 Å². The molecule has 0 amide bonds. The summed E-state index contributed by atoms with van der Waals surface area (Å²) in [6, 6.07) is 0. The van der Waals surface area contributed by atoms with Crippen molar-refractivity contribution in [1.29, 1.82) is 0 Å². The van der Waals surface area contributed by atoms with Gasteiger partial charge in [0.2, 0.25) is 0 Å². The Kier molecular flexibility index (Phi) is 15.6. The van der Waals surface area contributed by atoms with Crippen molar-refractivity contribution in [2.24, 2.45) is 17.8 Å². The van der Waals surface area contributed by atoms with Gasteiger partial charge < -0.3 is 14.9 Å². The number of unbranched alkanes of at least 4 members (excludes halogenated alkanes) is 1. The van der Waals surface area contributed by atoms with E-state index in [0.717, 1.165) is 28.8 Å². The Hall–Kier alpha value is 2.19. The molecule has 3 aliphatic rings. The molecule has 0 heterocycles. The van der Waals surface area contributed by atoms with Gasteiger partial charge in [0.25, 0.3) is 0 Å². The van der Waals surface area contributed by atoms with Crippen LogP contribution in [0.25, 0.3) is 0 Å². The summed E-state index contributed by atoms with van der Waals surface area (Å²) in [5.74, 6) is 2.94. The molecule has 0 spiro atoms. The van der Waals surface area contributed by atoms with E-state index in [1.165, 1.54) is 51.4 Å². The summed E-state index contributed by atoms with van der Waals surface area (Å²) in [5, 5.41) is 0.503. The summed E-state index contributed by atoms with van der Waals surface area (Å²) in [6.07, 6.45) is 16.3. The first-order valence-electron chi connectivity index (χ1n) is 11.8. The Balaban J connectivity index is 0.00000159. The number of fused-ring (bicyclic) bond motifs is 1. The molecule has 0 aromatic carbocycles. The van der Waals surface area contributed by atoms with E-state index in [1.807, 2.05) is 0 Å². The first-order valence-corrected chi connectivity index (χ1v) is 25.7. The Morgan fingerprint density at radius 1 is 0.833 bits per heavy atom. The molecule has 3 aliphatic carbocycles. The Morgan fingerprint density at radius 2 is 1.47 bits per heavy atom. The molecule has 0 radical (unpaired) electrons. The van der Waals surface area contributed by atoms with Gasteiger partial charge in [-0.1, -0.05) is 90.9 Å². The fourth-order valence-electron chi connectivity index (χ4n) is 7.11. The van der Waals surface area contributed by atoms with Crippen molar-refractivity contribution in [2.45, 2.75) is 120 Å². The van der Waals surface area contributed by atoms with Crippen molar-refractivity contribution < 1.29 is 20.8 Å². The molecule has 0 nitrogen and oxygen atoms in total. The zero-order valence-electron chi connectivity index (χ0n) is 20.9. The average molecular weight is 591 g/mol. The van der Waals surface area contributed by atoms with Crippen LogP contribution >= 0.6 is 28.6 Å². The molecule has 0 bridgehead atoms. The first kappa shape index (κ1) is 32.2. The maximum absolute atomic E-state index is 6.77. The second kappa shape index (κ2) is 14.6. The van der Waals surface area contributed by atoms with Gasteiger partial charge in [-0.3, -0.25) is 0 Å². The number of hydrogen-bond acceptors (Lipinski definition) is 0. The van der Waals surface area contributed by atoms with Crippen LogP contribution in [0.2, 0.25) is 37.3 Å². The average Bonchev–Trinajstić information content (AvgIpc) is 3.29. The summed E-state index contributed by atoms with van der Waals surface area (Å²) in [7, 11) is 7.54. The quantitative estimate of drug-likeness (QED) is 0.164. The van der Waals surface area contributed by atoms with Crippen LogP contribution in [0.4, 0.5) is 0 Å². The Morgan fingerprint density at radius 3 is 2.07 bits per heavy atom. The zero-order chi connectivity index (χ0) is 20.9. The molecule has 6 atom stereocenters. The number of rotatable bonds is 6. The van der Waals surface area contributed by atoms with Gasteiger partial charge in [-0.05, 0) is 41.7 Å². The van der Waals surface area contributed by atoms with Gasteiger partial charge in [0.15, 0.2) is 0 Å². The third-order valence-corrected chi connectivity index (χ3v) is 30.8. The van der Waals surface area contributed by atoms with Gasteiger partial charge in [0.1, 0.15) is 0 Å². The fraction of sp³-hybridized carbons (Fsp3) is 0.917. The predicted octanol–water partition coefficient (Wildman–Crippen LogP) is 10.3. The van der Waals surface area contributed by atoms with Gasteiger partial charge in [-0.15, -0.1) is 11.6 Å². The van der Waals surface area contributed by atoms with E-state index < -0.39 is 36.0 Å². The minimum absolute atomic E-state index is 0. The van der Waals surface area contributed by atoms with E-state index in [4.69, 9.17) is 28.6 Å². The molecule has 6 heteroatoms. The van der Waals surface area contributed by atoms with E-state index in [2.05, 4.69) is 33.1 Å². The van der Waals surface area contributed by atoms with Crippen LogP contribution < -0.4 is 0 Å². The summed E-state index contributed by atoms with van der Waals surface area (Å²) in [4.78, 5) is 0. The van der Waals surface area contributed by atoms with Gasteiger partial charge in [0.05, 0.1) is 0 Å². The molecule has 178 valence electrons. The molecule has 30 heavy (non-hydrogen) atoms. The topological polar surface area (TPSA) is 0 Å². The van der Waals surface area contributed by atoms with E-state index in [1.54, 1.807) is 19.3 Å². The van der Waals surface area contributed by atoms with Crippen LogP contribution in [0.5, 0.6) is 0 Å². The zero-order valence-corrected chi connectivity index (χ0v) is 27.6. The molecule has 0 aromatic heterocycles. The van der Waals surface area contributed by atoms with Gasteiger partial charge in [-0.25, -0.2) is 0 Å². The van der Waals surface area contributed by atoms with Crippen LogP contribution in [0.15, 0.2) is 0 Å². The summed E-state index contributed by atoms with van der Waals surface area (Å²) < 4.78 is 0. The van der Waals surface area contributed by atoms with Crippen molar-refractivity contribution in [1.82, 2.24) is 0 Å². The number of halogens is 3. The molecule has 0 N–H and O–H groups in total. The minimum atomic E-state index is -1.18. The number of alkyl halides is 1. The third kappa shape index (κ3) is 7.34. The molecule has 0 saturated heterocycles. The van der Waals surface area contributed by atoms with Crippen LogP contribution in [0.3, 0.4) is 0 Å². The molecule has 6 unspecified atom stereocenters. The normalized spacial score (nSPS) is 33.3. The summed E-state index contributed by atoms with van der Waals surface area (Å²) in [5.41, 5.74) is 2.22. The Bertz CT molecular complexity index is 475. The van der Waals surface area contributed by atoms with E-state index in [0.29, 0.717) is 5.38 Å². The number of hydrogen-bond donors (Lipinski definition) is 0. The van der Waals surface area contributed by atoms with Gasteiger partial charge in [0, 0.05) is 20.6 Å². The van der Waals surface area contributed by atoms with Crippen molar-refractivity contribution in [3.05, 3.63) is 14.9 Å². The molecule has 3 saturated carbocycles. The predicted molar refractivity (Wildman–Crippen MR) is 144 cm³/mol. The van der Waals surface area contributed by atoms with E-state index >= 15 is 0 Å². The molecule has 3 fully saturated rings.